The van der Waals surface area contributed by atoms with E-state index in [4.69, 9.17) is 8.94 Å². The predicted octanol–water partition coefficient (Wildman–Crippen LogP) is 5.39. The summed E-state index contributed by atoms with van der Waals surface area (Å²) in [6.45, 7) is 6.12. The SMILES string of the molecule is C=CCn1c(SCc2nc(-c3ccc(C(F)(F)F)cc3)no2)nnc1-c1ccoc1C. The topological polar surface area (TPSA) is 82.8 Å². The molecule has 0 atom stereocenters. The van der Waals surface area contributed by atoms with Gasteiger partial charge in [0.1, 0.15) is 5.76 Å². The Morgan fingerprint density at radius 1 is 1.16 bits per heavy atom. The van der Waals surface area contributed by atoms with E-state index < -0.39 is 11.7 Å². The van der Waals surface area contributed by atoms with Crippen molar-refractivity contribution < 1.29 is 22.1 Å². The standard InChI is InChI=1S/C20H16F3N5O2S/c1-3-9-28-18(15-8-10-29-12(15)2)25-26-19(28)31-11-16-24-17(27-30-16)13-4-6-14(7-5-13)20(21,22)23/h3-8,10H,1,9,11H2,2H3. The first-order valence-corrected chi connectivity index (χ1v) is 10.1. The van der Waals surface area contributed by atoms with Crippen LogP contribution >= 0.6 is 11.8 Å². The molecule has 0 bridgehead atoms. The lowest BCUT2D eigenvalue weighted by atomic mass is 10.1. The third kappa shape index (κ3) is 4.41. The van der Waals surface area contributed by atoms with Gasteiger partial charge in [0.25, 0.3) is 0 Å². The fourth-order valence-corrected chi connectivity index (χ4v) is 3.66. The maximum absolute atomic E-state index is 12.7. The van der Waals surface area contributed by atoms with Crippen molar-refractivity contribution in [2.24, 2.45) is 0 Å². The molecule has 0 aliphatic heterocycles. The Labute approximate surface area is 179 Å². The van der Waals surface area contributed by atoms with Crippen LogP contribution in [0.4, 0.5) is 13.2 Å². The number of rotatable bonds is 7. The minimum Gasteiger partial charge on any atom is -0.469 e. The third-order valence-corrected chi connectivity index (χ3v) is 5.34. The number of hydrogen-bond donors (Lipinski definition) is 0. The first kappa shape index (κ1) is 20.9. The van der Waals surface area contributed by atoms with Gasteiger partial charge >= 0.3 is 6.18 Å². The molecular formula is C20H16F3N5O2S. The molecule has 0 amide bonds. The number of furan rings is 1. The molecule has 0 unspecified atom stereocenters. The molecule has 0 saturated carbocycles. The zero-order chi connectivity index (χ0) is 22.0. The van der Waals surface area contributed by atoms with E-state index in [1.807, 2.05) is 17.6 Å². The van der Waals surface area contributed by atoms with Crippen molar-refractivity contribution in [2.45, 2.75) is 30.6 Å². The van der Waals surface area contributed by atoms with Crippen molar-refractivity contribution in [3.63, 3.8) is 0 Å². The third-order valence-electron chi connectivity index (χ3n) is 4.39. The number of aromatic nitrogens is 5. The number of benzene rings is 1. The van der Waals surface area contributed by atoms with E-state index in [1.54, 1.807) is 12.3 Å². The minimum atomic E-state index is -4.40. The second-order valence-corrected chi connectivity index (χ2v) is 7.41. The van der Waals surface area contributed by atoms with Gasteiger partial charge in [-0.25, -0.2) is 0 Å². The lowest BCUT2D eigenvalue weighted by Crippen LogP contribution is -2.04. The summed E-state index contributed by atoms with van der Waals surface area (Å²) in [4.78, 5) is 4.26. The number of aryl methyl sites for hydroxylation is 1. The molecular weight excluding hydrogens is 431 g/mol. The van der Waals surface area contributed by atoms with Crippen LogP contribution in [-0.4, -0.2) is 24.9 Å². The van der Waals surface area contributed by atoms with Crippen LogP contribution in [0.3, 0.4) is 0 Å². The molecule has 11 heteroatoms. The fraction of sp³-hybridized carbons (Fsp3) is 0.200. The first-order valence-electron chi connectivity index (χ1n) is 9.08. The summed E-state index contributed by atoms with van der Waals surface area (Å²) >= 11 is 1.34. The van der Waals surface area contributed by atoms with Gasteiger partial charge in [-0.2, -0.15) is 18.2 Å². The van der Waals surface area contributed by atoms with E-state index in [2.05, 4.69) is 26.9 Å². The summed E-state index contributed by atoms with van der Waals surface area (Å²) in [5.74, 6) is 2.23. The number of nitrogens with zero attached hydrogens (tertiary/aromatic N) is 5. The Kier molecular flexibility index (Phi) is 5.68. The molecule has 0 aliphatic rings. The Morgan fingerprint density at radius 2 is 1.94 bits per heavy atom. The lowest BCUT2D eigenvalue weighted by molar-refractivity contribution is -0.137. The zero-order valence-corrected chi connectivity index (χ0v) is 17.1. The van der Waals surface area contributed by atoms with Crippen molar-refractivity contribution in [2.75, 3.05) is 0 Å². The van der Waals surface area contributed by atoms with Gasteiger partial charge in [-0.15, -0.1) is 16.8 Å². The van der Waals surface area contributed by atoms with Crippen LogP contribution in [0.5, 0.6) is 0 Å². The summed E-state index contributed by atoms with van der Waals surface area (Å²) in [5.41, 5.74) is 0.532. The summed E-state index contributed by atoms with van der Waals surface area (Å²) in [6.07, 6.45) is -1.07. The average molecular weight is 447 g/mol. The summed E-state index contributed by atoms with van der Waals surface area (Å²) in [5, 5.41) is 13.0. The molecule has 0 radical (unpaired) electrons. The van der Waals surface area contributed by atoms with Crippen molar-refractivity contribution in [3.05, 3.63) is 66.5 Å². The second kappa shape index (κ2) is 8.42. The van der Waals surface area contributed by atoms with Crippen LogP contribution in [0, 0.1) is 6.92 Å². The Hall–Kier alpha value is -3.34. The van der Waals surface area contributed by atoms with E-state index in [-0.39, 0.29) is 5.82 Å². The van der Waals surface area contributed by atoms with Crippen LogP contribution in [0.2, 0.25) is 0 Å². The molecule has 160 valence electrons. The molecule has 4 aromatic rings. The van der Waals surface area contributed by atoms with E-state index in [1.165, 1.54) is 23.9 Å². The summed E-state index contributed by atoms with van der Waals surface area (Å²) < 4.78 is 50.6. The highest BCUT2D eigenvalue weighted by Gasteiger charge is 2.30. The van der Waals surface area contributed by atoms with E-state index in [0.717, 1.165) is 23.5 Å². The van der Waals surface area contributed by atoms with Gasteiger partial charge in [0.15, 0.2) is 11.0 Å². The van der Waals surface area contributed by atoms with Gasteiger partial charge in [0.2, 0.25) is 11.7 Å². The van der Waals surface area contributed by atoms with Crippen LogP contribution < -0.4 is 0 Å². The van der Waals surface area contributed by atoms with Gasteiger partial charge in [-0.05, 0) is 25.1 Å². The number of halogens is 3. The molecule has 3 aromatic heterocycles. The van der Waals surface area contributed by atoms with Gasteiger partial charge in [-0.1, -0.05) is 35.1 Å². The minimum absolute atomic E-state index is 0.214. The molecule has 0 fully saturated rings. The van der Waals surface area contributed by atoms with Crippen LogP contribution in [-0.2, 0) is 18.5 Å². The Bertz CT molecular complexity index is 1190. The summed E-state index contributed by atoms with van der Waals surface area (Å²) in [7, 11) is 0. The van der Waals surface area contributed by atoms with Crippen LogP contribution in [0.15, 0.2) is 63.3 Å². The fourth-order valence-electron chi connectivity index (χ4n) is 2.87. The summed E-state index contributed by atoms with van der Waals surface area (Å²) in [6, 6.07) is 6.41. The van der Waals surface area contributed by atoms with Gasteiger partial charge < -0.3 is 8.94 Å². The van der Waals surface area contributed by atoms with Crippen LogP contribution in [0.1, 0.15) is 17.2 Å². The molecule has 0 N–H and O–H groups in total. The Balaban J connectivity index is 1.49. The average Bonchev–Trinajstić information content (AvgIpc) is 3.46. The van der Waals surface area contributed by atoms with Crippen molar-refractivity contribution in [1.82, 2.24) is 24.9 Å². The maximum atomic E-state index is 12.7. The van der Waals surface area contributed by atoms with Gasteiger partial charge in [0.05, 0.1) is 23.1 Å². The molecule has 0 saturated heterocycles. The van der Waals surface area contributed by atoms with Crippen molar-refractivity contribution >= 4 is 11.8 Å². The van der Waals surface area contributed by atoms with Crippen molar-refractivity contribution in [1.29, 1.82) is 0 Å². The predicted molar refractivity (Wildman–Crippen MR) is 107 cm³/mol. The second-order valence-electron chi connectivity index (χ2n) is 6.47. The molecule has 0 aliphatic carbocycles. The lowest BCUT2D eigenvalue weighted by Gasteiger charge is -2.06. The smallest absolute Gasteiger partial charge is 0.416 e. The first-order chi connectivity index (χ1) is 14.9. The molecule has 31 heavy (non-hydrogen) atoms. The van der Waals surface area contributed by atoms with Crippen LogP contribution in [0.25, 0.3) is 22.8 Å². The normalized spacial score (nSPS) is 11.7. The highest BCUT2D eigenvalue weighted by molar-refractivity contribution is 7.98. The largest absolute Gasteiger partial charge is 0.469 e. The van der Waals surface area contributed by atoms with E-state index in [9.17, 15) is 13.2 Å². The quantitative estimate of drug-likeness (QED) is 0.277. The Morgan fingerprint density at radius 3 is 2.58 bits per heavy atom. The van der Waals surface area contributed by atoms with Gasteiger partial charge in [0, 0.05) is 12.1 Å². The maximum Gasteiger partial charge on any atom is 0.416 e. The zero-order valence-electron chi connectivity index (χ0n) is 16.3. The number of hydrogen-bond acceptors (Lipinski definition) is 7. The molecule has 3 heterocycles. The highest BCUT2D eigenvalue weighted by Crippen LogP contribution is 2.31. The van der Waals surface area contributed by atoms with E-state index >= 15 is 0 Å². The van der Waals surface area contributed by atoms with Gasteiger partial charge in [-0.3, -0.25) is 4.57 Å². The molecule has 7 nitrogen and oxygen atoms in total. The monoisotopic (exact) mass is 447 g/mol. The highest BCUT2D eigenvalue weighted by atomic mass is 32.2. The number of alkyl halides is 3. The number of thioether (sulfide) groups is 1. The van der Waals surface area contributed by atoms with E-state index in [0.29, 0.717) is 34.7 Å². The van der Waals surface area contributed by atoms with Crippen molar-refractivity contribution in [3.8, 4) is 22.8 Å². The number of allylic oxidation sites excluding steroid dienone is 1. The molecule has 1 aromatic carbocycles. The molecule has 0 spiro atoms. The molecule has 4 rings (SSSR count).